The lowest BCUT2D eigenvalue weighted by molar-refractivity contribution is 0.121. The van der Waals surface area contributed by atoms with E-state index in [1.807, 2.05) is 12.1 Å². The van der Waals surface area contributed by atoms with Crippen molar-refractivity contribution in [2.24, 2.45) is 10.9 Å². The summed E-state index contributed by atoms with van der Waals surface area (Å²) in [6.45, 7) is 4.53. The van der Waals surface area contributed by atoms with Crippen molar-refractivity contribution in [3.63, 3.8) is 0 Å². The van der Waals surface area contributed by atoms with E-state index in [4.69, 9.17) is 26.1 Å². The van der Waals surface area contributed by atoms with Crippen LogP contribution in [0.4, 0.5) is 11.6 Å². The highest BCUT2D eigenvalue weighted by Gasteiger charge is 2.28. The molecule has 34 heavy (non-hydrogen) atoms. The van der Waals surface area contributed by atoms with Crippen molar-refractivity contribution in [2.75, 3.05) is 37.0 Å². The number of aliphatic imine (C=N–C) groups is 1. The van der Waals surface area contributed by atoms with E-state index < -0.39 is 0 Å². The Kier molecular flexibility index (Phi) is 5.54. The van der Waals surface area contributed by atoms with Crippen LogP contribution >= 0.6 is 11.6 Å². The average molecular weight is 478 g/mol. The summed E-state index contributed by atoms with van der Waals surface area (Å²) in [7, 11) is 1.75. The van der Waals surface area contributed by atoms with Crippen LogP contribution in [0.2, 0.25) is 5.02 Å². The molecular weight excluding hydrogens is 450 g/mol. The number of nitrogens with one attached hydrogen (secondary N) is 1. The fourth-order valence-corrected chi connectivity index (χ4v) is 5.14. The fraction of sp³-hybridized carbons (Fsp3) is 0.423. The Morgan fingerprint density at radius 3 is 2.82 bits per heavy atom. The molecule has 2 aliphatic carbocycles. The van der Waals surface area contributed by atoms with E-state index in [2.05, 4.69) is 45.3 Å². The topological polar surface area (TPSA) is 71.9 Å². The molecule has 3 heterocycles. The standard InChI is InChI=1S/C26H28ClN5O2/c1-15-9-17-5-6-21(25(27)20(17)10-15)34-26-30-23(29-22-11-18(13-28-22)16-3-4-16)12-24(31-26)32-8-7-19(14-32)33-2/h5-6,10-12,16,19H,3-4,7-9,13-14H2,1-2H3,(H,28,29,30,31). The van der Waals surface area contributed by atoms with Gasteiger partial charge in [-0.3, -0.25) is 4.99 Å². The number of benzene rings is 1. The number of anilines is 2. The van der Waals surface area contributed by atoms with Gasteiger partial charge < -0.3 is 19.7 Å². The van der Waals surface area contributed by atoms with Crippen molar-refractivity contribution in [3.8, 4) is 11.8 Å². The SMILES string of the molecule is COC1CCN(c2cc(NC3=NCC(C4CC4)=C3)nc(Oc3ccc4c(c3Cl)C=C(C)C4)n2)C1. The third kappa shape index (κ3) is 4.30. The minimum Gasteiger partial charge on any atom is -0.423 e. The molecule has 0 spiro atoms. The maximum atomic E-state index is 6.71. The fourth-order valence-electron chi connectivity index (χ4n) is 4.86. The Balaban J connectivity index is 1.30. The van der Waals surface area contributed by atoms with Crippen molar-refractivity contribution >= 4 is 35.1 Å². The first kappa shape index (κ1) is 21.6. The van der Waals surface area contributed by atoms with E-state index in [1.54, 1.807) is 7.11 Å². The van der Waals surface area contributed by atoms with Gasteiger partial charge in [0, 0.05) is 31.8 Å². The molecule has 0 bridgehead atoms. The first-order chi connectivity index (χ1) is 16.6. The van der Waals surface area contributed by atoms with E-state index in [1.165, 1.54) is 29.6 Å². The van der Waals surface area contributed by atoms with Crippen LogP contribution in [0.1, 0.15) is 37.3 Å². The zero-order valence-electron chi connectivity index (χ0n) is 19.5. The number of rotatable bonds is 6. The number of amidine groups is 1. The molecular formula is C26H28ClN5O2. The molecule has 1 atom stereocenters. The van der Waals surface area contributed by atoms with Gasteiger partial charge in [0.25, 0.3) is 0 Å². The number of aromatic nitrogens is 2. The molecule has 1 aromatic carbocycles. The number of methoxy groups -OCH3 is 1. The Morgan fingerprint density at radius 1 is 1.15 bits per heavy atom. The molecule has 0 amide bonds. The van der Waals surface area contributed by atoms with Gasteiger partial charge in [0.05, 0.1) is 17.7 Å². The van der Waals surface area contributed by atoms with Crippen LogP contribution in [-0.2, 0) is 11.2 Å². The lowest BCUT2D eigenvalue weighted by atomic mass is 10.1. The summed E-state index contributed by atoms with van der Waals surface area (Å²) in [6, 6.07) is 6.17. The predicted molar refractivity (Wildman–Crippen MR) is 135 cm³/mol. The number of hydrogen-bond acceptors (Lipinski definition) is 7. The summed E-state index contributed by atoms with van der Waals surface area (Å²) < 4.78 is 11.7. The summed E-state index contributed by atoms with van der Waals surface area (Å²) >= 11 is 6.71. The maximum Gasteiger partial charge on any atom is 0.325 e. The van der Waals surface area contributed by atoms with Crippen molar-refractivity contribution in [3.05, 3.63) is 51.6 Å². The van der Waals surface area contributed by atoms with Crippen LogP contribution in [0.25, 0.3) is 6.08 Å². The number of nitrogens with zero attached hydrogens (tertiary/aromatic N) is 4. The second-order valence-corrected chi connectivity index (χ2v) is 9.90. The summed E-state index contributed by atoms with van der Waals surface area (Å²) in [5.74, 6) is 3.55. The molecule has 1 saturated heterocycles. The number of halogens is 1. The van der Waals surface area contributed by atoms with Crippen LogP contribution in [-0.4, -0.2) is 48.7 Å². The van der Waals surface area contributed by atoms with Crippen molar-refractivity contribution in [1.82, 2.24) is 9.97 Å². The van der Waals surface area contributed by atoms with Gasteiger partial charge in [-0.05, 0) is 61.8 Å². The molecule has 2 aliphatic heterocycles. The van der Waals surface area contributed by atoms with Crippen LogP contribution in [0.5, 0.6) is 11.8 Å². The minimum absolute atomic E-state index is 0.195. The summed E-state index contributed by atoms with van der Waals surface area (Å²) in [5.41, 5.74) is 4.93. The smallest absolute Gasteiger partial charge is 0.325 e. The van der Waals surface area contributed by atoms with Crippen molar-refractivity contribution in [1.29, 1.82) is 0 Å². The number of fused-ring (bicyclic) bond motifs is 1. The van der Waals surface area contributed by atoms with E-state index in [0.29, 0.717) is 22.5 Å². The zero-order chi connectivity index (χ0) is 23.2. The molecule has 4 aliphatic rings. The third-order valence-electron chi connectivity index (χ3n) is 6.90. The summed E-state index contributed by atoms with van der Waals surface area (Å²) in [6.07, 6.45) is 8.90. The first-order valence-electron chi connectivity index (χ1n) is 11.9. The summed E-state index contributed by atoms with van der Waals surface area (Å²) in [4.78, 5) is 16.2. The first-order valence-corrected chi connectivity index (χ1v) is 12.3. The largest absolute Gasteiger partial charge is 0.423 e. The van der Waals surface area contributed by atoms with Crippen LogP contribution < -0.4 is 15.0 Å². The Hall–Kier alpha value is -2.90. The van der Waals surface area contributed by atoms with Gasteiger partial charge in [-0.2, -0.15) is 9.97 Å². The van der Waals surface area contributed by atoms with Crippen molar-refractivity contribution < 1.29 is 9.47 Å². The monoisotopic (exact) mass is 477 g/mol. The van der Waals surface area contributed by atoms with Gasteiger partial charge in [-0.1, -0.05) is 29.3 Å². The maximum absolute atomic E-state index is 6.71. The van der Waals surface area contributed by atoms with Crippen molar-refractivity contribution in [2.45, 2.75) is 38.7 Å². The molecule has 1 unspecified atom stereocenters. The molecule has 1 N–H and O–H groups in total. The highest BCUT2D eigenvalue weighted by Crippen LogP contribution is 2.39. The Morgan fingerprint density at radius 2 is 2.03 bits per heavy atom. The lowest BCUT2D eigenvalue weighted by Crippen LogP contribution is -2.23. The number of hydrogen-bond donors (Lipinski definition) is 1. The molecule has 0 radical (unpaired) electrons. The van der Waals surface area contributed by atoms with Gasteiger partial charge in [-0.15, -0.1) is 0 Å². The van der Waals surface area contributed by atoms with Gasteiger partial charge in [0.2, 0.25) is 0 Å². The van der Waals surface area contributed by atoms with Crippen LogP contribution in [0.3, 0.4) is 0 Å². The molecule has 2 fully saturated rings. The van der Waals surface area contributed by atoms with Crippen LogP contribution in [0.15, 0.2) is 40.4 Å². The second kappa shape index (κ2) is 8.71. The Bertz CT molecular complexity index is 1230. The Labute approximate surface area is 204 Å². The van der Waals surface area contributed by atoms with E-state index in [0.717, 1.165) is 49.7 Å². The molecule has 2 aromatic rings. The molecule has 1 saturated carbocycles. The highest BCUT2D eigenvalue weighted by molar-refractivity contribution is 6.33. The molecule has 8 heteroatoms. The number of allylic oxidation sites excluding steroid dienone is 1. The molecule has 1 aromatic heterocycles. The van der Waals surface area contributed by atoms with E-state index in [-0.39, 0.29) is 12.1 Å². The number of ether oxygens (including phenoxy) is 2. The average Bonchev–Trinajstić information content (AvgIpc) is 3.20. The van der Waals surface area contributed by atoms with Gasteiger partial charge in [0.1, 0.15) is 23.2 Å². The minimum atomic E-state index is 0.195. The highest BCUT2D eigenvalue weighted by atomic mass is 35.5. The third-order valence-corrected chi connectivity index (χ3v) is 7.29. The molecule has 7 nitrogen and oxygen atoms in total. The quantitative estimate of drug-likeness (QED) is 0.611. The van der Waals surface area contributed by atoms with Gasteiger partial charge >= 0.3 is 6.01 Å². The lowest BCUT2D eigenvalue weighted by Gasteiger charge is -2.19. The van der Waals surface area contributed by atoms with E-state index in [9.17, 15) is 0 Å². The second-order valence-electron chi connectivity index (χ2n) is 9.53. The molecule has 6 rings (SSSR count). The van der Waals surface area contributed by atoms with Gasteiger partial charge in [-0.25, -0.2) is 0 Å². The molecule has 176 valence electrons. The normalized spacial score (nSPS) is 21.3. The summed E-state index contributed by atoms with van der Waals surface area (Å²) in [5, 5.41) is 3.97. The van der Waals surface area contributed by atoms with Gasteiger partial charge in [0.15, 0.2) is 0 Å². The zero-order valence-corrected chi connectivity index (χ0v) is 20.2. The van der Waals surface area contributed by atoms with Crippen LogP contribution in [0, 0.1) is 5.92 Å². The predicted octanol–water partition coefficient (Wildman–Crippen LogP) is 5.27. The van der Waals surface area contributed by atoms with E-state index >= 15 is 0 Å².